The number of hydrogen-bond donors (Lipinski definition) is 1. The van der Waals surface area contributed by atoms with Crippen molar-refractivity contribution in [2.75, 3.05) is 18.4 Å². The maximum atomic E-state index is 12.3. The molecule has 1 N–H and O–H groups in total. The number of aryl methyl sites for hydroxylation is 1. The summed E-state index contributed by atoms with van der Waals surface area (Å²) < 4.78 is 6.69. The molecule has 1 saturated heterocycles. The van der Waals surface area contributed by atoms with Gasteiger partial charge in [-0.15, -0.1) is 5.10 Å². The molecule has 8 heteroatoms. The molecule has 8 nitrogen and oxygen atoms in total. The molecule has 0 saturated carbocycles. The molecule has 2 amide bonds. The Kier molecular flexibility index (Phi) is 4.93. The molecule has 128 valence electrons. The van der Waals surface area contributed by atoms with Crippen LogP contribution in [0.15, 0.2) is 22.9 Å². The van der Waals surface area contributed by atoms with E-state index in [1.807, 2.05) is 4.90 Å². The van der Waals surface area contributed by atoms with Crippen LogP contribution in [-0.4, -0.2) is 44.6 Å². The smallest absolute Gasteiger partial charge is 0.293 e. The Morgan fingerprint density at radius 2 is 1.96 bits per heavy atom. The lowest BCUT2D eigenvalue weighted by atomic mass is 10.2. The maximum Gasteiger partial charge on any atom is 0.293 e. The van der Waals surface area contributed by atoms with E-state index in [2.05, 4.69) is 15.4 Å². The number of anilines is 1. The van der Waals surface area contributed by atoms with Crippen LogP contribution in [0.2, 0.25) is 0 Å². The highest BCUT2D eigenvalue weighted by atomic mass is 16.3. The second-order valence-corrected chi connectivity index (χ2v) is 5.93. The van der Waals surface area contributed by atoms with E-state index in [1.54, 1.807) is 19.1 Å². The third-order valence-electron chi connectivity index (χ3n) is 3.98. The molecule has 0 aliphatic carbocycles. The minimum Gasteiger partial charge on any atom is -0.456 e. The van der Waals surface area contributed by atoms with Crippen molar-refractivity contribution < 1.29 is 14.0 Å². The highest BCUT2D eigenvalue weighted by Crippen LogP contribution is 2.11. The molecular weight excluding hydrogens is 310 g/mol. The largest absolute Gasteiger partial charge is 0.456 e. The molecule has 2 aromatic heterocycles. The maximum absolute atomic E-state index is 12.3. The number of rotatable bonds is 4. The number of nitrogens with zero attached hydrogens (tertiary/aromatic N) is 4. The van der Waals surface area contributed by atoms with Gasteiger partial charge in [-0.25, -0.2) is 9.67 Å². The number of hydrogen-bond acceptors (Lipinski definition) is 5. The van der Waals surface area contributed by atoms with Gasteiger partial charge in [0.1, 0.15) is 18.6 Å². The number of nitrogens with one attached hydrogen (secondary N) is 1. The third-order valence-corrected chi connectivity index (χ3v) is 3.98. The minimum absolute atomic E-state index is 0.0290. The van der Waals surface area contributed by atoms with E-state index in [4.69, 9.17) is 4.42 Å². The first-order valence-corrected chi connectivity index (χ1v) is 8.17. The van der Waals surface area contributed by atoms with E-state index in [0.29, 0.717) is 5.76 Å². The molecule has 0 bridgehead atoms. The summed E-state index contributed by atoms with van der Waals surface area (Å²) in [6.45, 7) is 3.49. The zero-order valence-electron chi connectivity index (χ0n) is 13.7. The van der Waals surface area contributed by atoms with Crippen molar-refractivity contribution in [3.8, 4) is 0 Å². The van der Waals surface area contributed by atoms with Gasteiger partial charge < -0.3 is 9.32 Å². The van der Waals surface area contributed by atoms with Crippen molar-refractivity contribution in [1.29, 1.82) is 0 Å². The van der Waals surface area contributed by atoms with Gasteiger partial charge in [-0.05, 0) is 31.9 Å². The summed E-state index contributed by atoms with van der Waals surface area (Å²) in [5.74, 6) is 0.616. The molecule has 0 atom stereocenters. The standard InChI is InChI=1S/C16H21N5O3/c1-12-6-7-13(24-12)15(23)18-16-17-11-21(19-16)10-14(22)20-8-4-2-3-5-9-20/h6-7,11H,2-5,8-10H2,1H3,(H,18,19,23). The van der Waals surface area contributed by atoms with E-state index in [0.717, 1.165) is 25.9 Å². The van der Waals surface area contributed by atoms with Crippen LogP contribution in [0.25, 0.3) is 0 Å². The zero-order valence-corrected chi connectivity index (χ0v) is 13.7. The van der Waals surface area contributed by atoms with E-state index in [9.17, 15) is 9.59 Å². The Hall–Kier alpha value is -2.64. The van der Waals surface area contributed by atoms with Crippen LogP contribution in [0.1, 0.15) is 42.0 Å². The molecule has 1 fully saturated rings. The van der Waals surface area contributed by atoms with Crippen LogP contribution in [0.4, 0.5) is 5.95 Å². The summed E-state index contributed by atoms with van der Waals surface area (Å²) in [6.07, 6.45) is 5.89. The van der Waals surface area contributed by atoms with Crippen molar-refractivity contribution in [3.05, 3.63) is 30.0 Å². The fraction of sp³-hybridized carbons (Fsp3) is 0.500. The fourth-order valence-electron chi connectivity index (χ4n) is 2.71. The summed E-state index contributed by atoms with van der Waals surface area (Å²) in [7, 11) is 0. The van der Waals surface area contributed by atoms with Gasteiger partial charge in [0, 0.05) is 13.1 Å². The zero-order chi connectivity index (χ0) is 16.9. The van der Waals surface area contributed by atoms with Gasteiger partial charge in [-0.2, -0.15) is 0 Å². The number of carbonyl (C=O) groups is 2. The number of amides is 2. The lowest BCUT2D eigenvalue weighted by molar-refractivity contribution is -0.132. The van der Waals surface area contributed by atoms with Crippen LogP contribution >= 0.6 is 0 Å². The van der Waals surface area contributed by atoms with Crippen molar-refractivity contribution in [1.82, 2.24) is 19.7 Å². The normalized spacial score (nSPS) is 15.1. The average Bonchev–Trinajstić information content (AvgIpc) is 3.08. The number of likely N-dealkylation sites (tertiary alicyclic amines) is 1. The van der Waals surface area contributed by atoms with Crippen molar-refractivity contribution in [2.45, 2.75) is 39.2 Å². The van der Waals surface area contributed by atoms with Crippen molar-refractivity contribution in [2.24, 2.45) is 0 Å². The van der Waals surface area contributed by atoms with Gasteiger partial charge in [0.05, 0.1) is 0 Å². The van der Waals surface area contributed by atoms with Crippen LogP contribution in [0.5, 0.6) is 0 Å². The molecule has 0 unspecified atom stereocenters. The van der Waals surface area contributed by atoms with Gasteiger partial charge in [-0.3, -0.25) is 14.9 Å². The summed E-state index contributed by atoms with van der Waals surface area (Å²) in [5.41, 5.74) is 0. The third kappa shape index (κ3) is 4.01. The Bertz CT molecular complexity index is 713. The molecule has 0 spiro atoms. The van der Waals surface area contributed by atoms with Crippen LogP contribution in [0, 0.1) is 6.92 Å². The summed E-state index contributed by atoms with van der Waals surface area (Å²) in [6, 6.07) is 3.30. The lowest BCUT2D eigenvalue weighted by Crippen LogP contribution is -2.34. The molecule has 2 aromatic rings. The lowest BCUT2D eigenvalue weighted by Gasteiger charge is -2.19. The van der Waals surface area contributed by atoms with Gasteiger partial charge in [0.25, 0.3) is 5.91 Å². The van der Waals surface area contributed by atoms with Gasteiger partial charge in [0.15, 0.2) is 5.76 Å². The Morgan fingerprint density at radius 1 is 1.21 bits per heavy atom. The molecule has 0 aromatic carbocycles. The summed E-state index contributed by atoms with van der Waals surface area (Å²) in [4.78, 5) is 30.2. The van der Waals surface area contributed by atoms with E-state index < -0.39 is 5.91 Å². The van der Waals surface area contributed by atoms with E-state index in [-0.39, 0.29) is 24.2 Å². The molecule has 24 heavy (non-hydrogen) atoms. The number of furan rings is 1. The van der Waals surface area contributed by atoms with Gasteiger partial charge >= 0.3 is 0 Å². The van der Waals surface area contributed by atoms with E-state index >= 15 is 0 Å². The molecule has 1 aliphatic rings. The topological polar surface area (TPSA) is 93.3 Å². The predicted molar refractivity (Wildman–Crippen MR) is 86.5 cm³/mol. The Labute approximate surface area is 139 Å². The van der Waals surface area contributed by atoms with Crippen molar-refractivity contribution in [3.63, 3.8) is 0 Å². The SMILES string of the molecule is Cc1ccc(C(=O)Nc2ncn(CC(=O)N3CCCCCC3)n2)o1. The molecule has 3 heterocycles. The van der Waals surface area contributed by atoms with E-state index in [1.165, 1.54) is 23.9 Å². The first-order chi connectivity index (χ1) is 11.6. The van der Waals surface area contributed by atoms with Crippen LogP contribution in [0.3, 0.4) is 0 Å². The van der Waals surface area contributed by atoms with Crippen molar-refractivity contribution >= 4 is 17.8 Å². The molecule has 0 radical (unpaired) electrons. The average molecular weight is 331 g/mol. The van der Waals surface area contributed by atoms with Crippen LogP contribution < -0.4 is 5.32 Å². The highest BCUT2D eigenvalue weighted by molar-refractivity contribution is 6.01. The summed E-state index contributed by atoms with van der Waals surface area (Å²) in [5, 5.41) is 6.68. The summed E-state index contributed by atoms with van der Waals surface area (Å²) >= 11 is 0. The van der Waals surface area contributed by atoms with Crippen LogP contribution in [-0.2, 0) is 11.3 Å². The molecular formula is C16H21N5O3. The predicted octanol–water partition coefficient (Wildman–Crippen LogP) is 1.83. The quantitative estimate of drug-likeness (QED) is 0.922. The Balaban J connectivity index is 1.56. The minimum atomic E-state index is -0.417. The number of aromatic nitrogens is 3. The highest BCUT2D eigenvalue weighted by Gasteiger charge is 2.17. The Morgan fingerprint density at radius 3 is 2.62 bits per heavy atom. The van der Waals surface area contributed by atoms with Gasteiger partial charge in [0.2, 0.25) is 11.9 Å². The monoisotopic (exact) mass is 331 g/mol. The second kappa shape index (κ2) is 7.29. The number of carbonyl (C=O) groups excluding carboxylic acids is 2. The molecule has 1 aliphatic heterocycles. The van der Waals surface area contributed by atoms with Gasteiger partial charge in [-0.1, -0.05) is 12.8 Å². The first kappa shape index (κ1) is 16.2. The second-order valence-electron chi connectivity index (χ2n) is 5.93. The first-order valence-electron chi connectivity index (χ1n) is 8.17. The molecule has 3 rings (SSSR count). The fourth-order valence-corrected chi connectivity index (χ4v) is 2.71.